The normalized spacial score (nSPS) is 16.5. The molecule has 1 heterocycles. The number of rotatable bonds is 4. The summed E-state index contributed by atoms with van der Waals surface area (Å²) >= 11 is 0. The molecule has 4 heteroatoms. The average Bonchev–Trinajstić information content (AvgIpc) is 2.90. The summed E-state index contributed by atoms with van der Waals surface area (Å²) < 4.78 is 0. The van der Waals surface area contributed by atoms with Crippen LogP contribution in [0.4, 0.5) is 0 Å². The maximum Gasteiger partial charge on any atom is 0.307 e. The predicted molar refractivity (Wildman–Crippen MR) is 78.1 cm³/mol. The maximum absolute atomic E-state index is 12.5. The highest BCUT2D eigenvalue weighted by Gasteiger charge is 2.28. The lowest BCUT2D eigenvalue weighted by Gasteiger charge is -2.11. The second kappa shape index (κ2) is 5.50. The number of aliphatic carboxylic acids is 1. The summed E-state index contributed by atoms with van der Waals surface area (Å²) in [7, 11) is 0. The Morgan fingerprint density at radius 2 is 1.90 bits per heavy atom. The number of Topliss-reactive ketones (excluding diaryl/α,β-unsaturated/α-hetero) is 1. The first kappa shape index (κ1) is 13.5. The standard InChI is InChI=1S/C17H15NO3/c19-15(20)9-11-6-7-14-13(8-11)10-18-16(14)17(21)12-4-2-1-3-5-12/h1-8,16,18H,9-10H2,(H,19,20). The van der Waals surface area contributed by atoms with Crippen molar-refractivity contribution in [1.29, 1.82) is 0 Å². The van der Waals surface area contributed by atoms with Crippen molar-refractivity contribution in [1.82, 2.24) is 5.32 Å². The van der Waals surface area contributed by atoms with Gasteiger partial charge in [0.05, 0.1) is 12.5 Å². The highest BCUT2D eigenvalue weighted by Crippen LogP contribution is 2.29. The summed E-state index contributed by atoms with van der Waals surface area (Å²) in [5.74, 6) is -0.807. The Morgan fingerprint density at radius 3 is 2.62 bits per heavy atom. The number of hydrogen-bond donors (Lipinski definition) is 2. The Bertz CT molecular complexity index is 694. The van der Waals surface area contributed by atoms with Gasteiger partial charge in [0.25, 0.3) is 0 Å². The molecule has 21 heavy (non-hydrogen) atoms. The van der Waals surface area contributed by atoms with Crippen LogP contribution in [-0.2, 0) is 17.8 Å². The van der Waals surface area contributed by atoms with Crippen molar-refractivity contribution in [3.05, 3.63) is 70.8 Å². The third kappa shape index (κ3) is 2.71. The zero-order valence-corrected chi connectivity index (χ0v) is 11.4. The number of benzene rings is 2. The summed E-state index contributed by atoms with van der Waals surface area (Å²) in [6.07, 6.45) is 0.00454. The minimum Gasteiger partial charge on any atom is -0.481 e. The molecule has 106 valence electrons. The fourth-order valence-electron chi connectivity index (χ4n) is 2.70. The van der Waals surface area contributed by atoms with Crippen LogP contribution in [0.3, 0.4) is 0 Å². The van der Waals surface area contributed by atoms with Crippen LogP contribution in [0.1, 0.15) is 33.1 Å². The van der Waals surface area contributed by atoms with Gasteiger partial charge in [-0.05, 0) is 16.7 Å². The lowest BCUT2D eigenvalue weighted by atomic mass is 9.95. The van der Waals surface area contributed by atoms with Gasteiger partial charge in [-0.2, -0.15) is 0 Å². The van der Waals surface area contributed by atoms with Crippen molar-refractivity contribution in [2.45, 2.75) is 19.0 Å². The van der Waals surface area contributed by atoms with Gasteiger partial charge in [-0.1, -0.05) is 48.5 Å². The number of nitrogens with one attached hydrogen (secondary N) is 1. The topological polar surface area (TPSA) is 66.4 Å². The second-order valence-electron chi connectivity index (χ2n) is 5.15. The van der Waals surface area contributed by atoms with E-state index < -0.39 is 5.97 Å². The lowest BCUT2D eigenvalue weighted by Crippen LogP contribution is -2.22. The number of hydrogen-bond acceptors (Lipinski definition) is 3. The summed E-state index contributed by atoms with van der Waals surface area (Å²) in [4.78, 5) is 23.3. The molecule has 1 unspecified atom stereocenters. The van der Waals surface area contributed by atoms with Crippen LogP contribution in [0.2, 0.25) is 0 Å². The minimum atomic E-state index is -0.849. The van der Waals surface area contributed by atoms with Crippen molar-refractivity contribution in [3.63, 3.8) is 0 Å². The van der Waals surface area contributed by atoms with E-state index >= 15 is 0 Å². The molecule has 0 spiro atoms. The van der Waals surface area contributed by atoms with Crippen LogP contribution in [0, 0.1) is 0 Å². The van der Waals surface area contributed by atoms with E-state index in [-0.39, 0.29) is 18.2 Å². The molecule has 0 amide bonds. The SMILES string of the molecule is O=C(O)Cc1ccc2c(c1)CNC2C(=O)c1ccccc1. The first-order valence-electron chi connectivity index (χ1n) is 6.81. The molecule has 0 fully saturated rings. The smallest absolute Gasteiger partial charge is 0.307 e. The van der Waals surface area contributed by atoms with Gasteiger partial charge in [0.2, 0.25) is 0 Å². The van der Waals surface area contributed by atoms with E-state index in [1.54, 1.807) is 18.2 Å². The van der Waals surface area contributed by atoms with E-state index in [0.29, 0.717) is 12.1 Å². The van der Waals surface area contributed by atoms with Crippen LogP contribution in [-0.4, -0.2) is 16.9 Å². The van der Waals surface area contributed by atoms with Gasteiger partial charge in [-0.25, -0.2) is 0 Å². The number of carboxylic acids is 1. The molecule has 1 aliphatic heterocycles. The molecule has 4 nitrogen and oxygen atoms in total. The molecule has 0 radical (unpaired) electrons. The van der Waals surface area contributed by atoms with E-state index in [1.165, 1.54) is 0 Å². The summed E-state index contributed by atoms with van der Waals surface area (Å²) in [5, 5.41) is 12.0. The van der Waals surface area contributed by atoms with E-state index in [9.17, 15) is 9.59 Å². The quantitative estimate of drug-likeness (QED) is 0.844. The highest BCUT2D eigenvalue weighted by molar-refractivity contribution is 6.01. The van der Waals surface area contributed by atoms with Crippen molar-refractivity contribution in [3.8, 4) is 0 Å². The molecule has 2 N–H and O–H groups in total. The fourth-order valence-corrected chi connectivity index (χ4v) is 2.70. The van der Waals surface area contributed by atoms with Crippen LogP contribution in [0.5, 0.6) is 0 Å². The predicted octanol–water partition coefficient (Wildman–Crippen LogP) is 2.34. The molecule has 0 bridgehead atoms. The van der Waals surface area contributed by atoms with Gasteiger partial charge in [0.1, 0.15) is 0 Å². The average molecular weight is 281 g/mol. The first-order chi connectivity index (χ1) is 10.1. The molecule has 2 aromatic carbocycles. The number of ketones is 1. The van der Waals surface area contributed by atoms with E-state index in [0.717, 1.165) is 16.7 Å². The van der Waals surface area contributed by atoms with Crippen molar-refractivity contribution in [2.75, 3.05) is 0 Å². The Morgan fingerprint density at radius 1 is 1.14 bits per heavy atom. The molecular formula is C17H15NO3. The third-order valence-electron chi connectivity index (χ3n) is 3.69. The van der Waals surface area contributed by atoms with Crippen LogP contribution < -0.4 is 5.32 Å². The fraction of sp³-hybridized carbons (Fsp3) is 0.176. The maximum atomic E-state index is 12.5. The Kier molecular flexibility index (Phi) is 3.54. The van der Waals surface area contributed by atoms with Gasteiger partial charge < -0.3 is 5.11 Å². The third-order valence-corrected chi connectivity index (χ3v) is 3.69. The molecule has 1 aliphatic rings. The molecular weight excluding hydrogens is 266 g/mol. The van der Waals surface area contributed by atoms with Gasteiger partial charge in [0.15, 0.2) is 5.78 Å². The highest BCUT2D eigenvalue weighted by atomic mass is 16.4. The largest absolute Gasteiger partial charge is 0.481 e. The summed E-state index contributed by atoms with van der Waals surface area (Å²) in [5.41, 5.74) is 3.38. The molecule has 0 saturated carbocycles. The first-order valence-corrected chi connectivity index (χ1v) is 6.81. The zero-order valence-electron chi connectivity index (χ0n) is 11.4. The molecule has 1 atom stereocenters. The zero-order chi connectivity index (χ0) is 14.8. The van der Waals surface area contributed by atoms with E-state index in [4.69, 9.17) is 5.11 Å². The van der Waals surface area contributed by atoms with Crippen LogP contribution in [0.15, 0.2) is 48.5 Å². The van der Waals surface area contributed by atoms with Crippen LogP contribution in [0.25, 0.3) is 0 Å². The Hall–Kier alpha value is -2.46. The number of fused-ring (bicyclic) bond motifs is 1. The molecule has 2 aromatic rings. The number of carbonyl (C=O) groups is 2. The van der Waals surface area contributed by atoms with E-state index in [1.807, 2.05) is 30.3 Å². The second-order valence-corrected chi connectivity index (χ2v) is 5.15. The molecule has 3 rings (SSSR count). The van der Waals surface area contributed by atoms with Gasteiger partial charge in [0, 0.05) is 12.1 Å². The van der Waals surface area contributed by atoms with E-state index in [2.05, 4.69) is 5.32 Å². The molecule has 0 aromatic heterocycles. The van der Waals surface area contributed by atoms with Crippen LogP contribution >= 0.6 is 0 Å². The lowest BCUT2D eigenvalue weighted by molar-refractivity contribution is -0.136. The summed E-state index contributed by atoms with van der Waals surface area (Å²) in [6, 6.07) is 14.4. The monoisotopic (exact) mass is 281 g/mol. The van der Waals surface area contributed by atoms with Gasteiger partial charge in [-0.3, -0.25) is 14.9 Å². The van der Waals surface area contributed by atoms with Crippen molar-refractivity contribution < 1.29 is 14.7 Å². The Balaban J connectivity index is 1.87. The van der Waals surface area contributed by atoms with Crippen molar-refractivity contribution >= 4 is 11.8 Å². The molecule has 0 aliphatic carbocycles. The minimum absolute atomic E-state index is 0.00454. The van der Waals surface area contributed by atoms with Gasteiger partial charge in [-0.15, -0.1) is 0 Å². The Labute approximate surface area is 122 Å². The van der Waals surface area contributed by atoms with Gasteiger partial charge >= 0.3 is 5.97 Å². The summed E-state index contributed by atoms with van der Waals surface area (Å²) in [6.45, 7) is 0.589. The molecule has 0 saturated heterocycles. The number of carbonyl (C=O) groups excluding carboxylic acids is 1. The van der Waals surface area contributed by atoms with Crippen molar-refractivity contribution in [2.24, 2.45) is 0 Å². The number of carboxylic acid groups (broad SMARTS) is 1.